The van der Waals surface area contributed by atoms with Crippen molar-refractivity contribution in [3.8, 4) is 11.4 Å². The van der Waals surface area contributed by atoms with Crippen molar-refractivity contribution in [3.05, 3.63) is 86.9 Å². The molecule has 1 aromatic carbocycles. The summed E-state index contributed by atoms with van der Waals surface area (Å²) in [5.41, 5.74) is 4.17. The molecule has 1 aliphatic rings. The van der Waals surface area contributed by atoms with Gasteiger partial charge in [-0.1, -0.05) is 12.1 Å². The van der Waals surface area contributed by atoms with Crippen LogP contribution in [0.25, 0.3) is 15.8 Å². The Balaban J connectivity index is 1.39. The molecule has 0 saturated heterocycles. The second kappa shape index (κ2) is 7.46. The van der Waals surface area contributed by atoms with Crippen LogP contribution in [0.4, 0.5) is 0 Å². The van der Waals surface area contributed by atoms with Crippen molar-refractivity contribution in [2.45, 2.75) is 26.5 Å². The molecule has 4 aromatic rings. The molecule has 1 N–H and O–H groups in total. The number of rotatable bonds is 4. The van der Waals surface area contributed by atoms with Gasteiger partial charge in [-0.05, 0) is 55.1 Å². The van der Waals surface area contributed by atoms with Gasteiger partial charge in [-0.3, -0.25) is 14.3 Å². The molecule has 6 heteroatoms. The maximum atomic E-state index is 12.7. The average molecular weight is 404 g/mol. The maximum Gasteiger partial charge on any atom is 0.258 e. The lowest BCUT2D eigenvalue weighted by atomic mass is 10.0. The molecule has 4 heterocycles. The lowest BCUT2D eigenvalue weighted by molar-refractivity contribution is 0.304. The predicted molar refractivity (Wildman–Crippen MR) is 116 cm³/mol. The van der Waals surface area contributed by atoms with Gasteiger partial charge in [0.2, 0.25) is 0 Å². The van der Waals surface area contributed by atoms with Crippen LogP contribution in [-0.2, 0) is 19.6 Å². The Morgan fingerprint density at radius 2 is 2.14 bits per heavy atom. The predicted octanol–water partition coefficient (Wildman–Crippen LogP) is 3.98. The van der Waals surface area contributed by atoms with Crippen LogP contribution in [0.15, 0.2) is 59.7 Å². The first-order valence-corrected chi connectivity index (χ1v) is 10.5. The molecule has 0 bridgehead atoms. The maximum absolute atomic E-state index is 12.7. The van der Waals surface area contributed by atoms with Crippen molar-refractivity contribution in [1.29, 1.82) is 0 Å². The number of ether oxygens (including phenoxy) is 1. The molecule has 146 valence electrons. The molecule has 29 heavy (non-hydrogen) atoms. The van der Waals surface area contributed by atoms with Gasteiger partial charge < -0.3 is 10.1 Å². The fraction of sp³-hybridized carbons (Fsp3) is 0.217. The van der Waals surface area contributed by atoms with Gasteiger partial charge >= 0.3 is 0 Å². The van der Waals surface area contributed by atoms with Crippen LogP contribution in [0, 0.1) is 6.92 Å². The number of hydrogen-bond acceptors (Lipinski definition) is 5. The SMILES string of the molecule is Cc1ccc(COc2ccn(-c3ccc4c5c(sc4c3)CNCC5)c(=O)c2)cn1. The zero-order valence-electron chi connectivity index (χ0n) is 16.1. The third-order valence-corrected chi connectivity index (χ3v) is 6.44. The molecule has 0 atom stereocenters. The molecule has 0 fully saturated rings. The standard InChI is InChI=1S/C23H21N3O2S/c1-15-2-3-16(12-25-15)14-28-18-7-9-26(23(27)11-18)17-4-5-19-20-6-8-24-13-22(20)29-21(19)10-17/h2-5,7,9-12,24H,6,8,13-14H2,1H3. The topological polar surface area (TPSA) is 56.1 Å². The third-order valence-electron chi connectivity index (χ3n) is 5.24. The molecule has 0 saturated carbocycles. The highest BCUT2D eigenvalue weighted by Gasteiger charge is 2.16. The molecule has 5 rings (SSSR count). The van der Waals surface area contributed by atoms with Gasteiger partial charge in [0.15, 0.2) is 0 Å². The van der Waals surface area contributed by atoms with E-state index in [9.17, 15) is 4.79 Å². The Labute approximate surface area is 172 Å². The minimum absolute atomic E-state index is 0.105. The van der Waals surface area contributed by atoms with Gasteiger partial charge in [0, 0.05) is 45.8 Å². The van der Waals surface area contributed by atoms with Crippen molar-refractivity contribution in [2.75, 3.05) is 6.54 Å². The number of hydrogen-bond donors (Lipinski definition) is 1. The monoisotopic (exact) mass is 403 g/mol. The number of nitrogens with zero attached hydrogens (tertiary/aromatic N) is 2. The highest BCUT2D eigenvalue weighted by molar-refractivity contribution is 7.19. The molecule has 0 spiro atoms. The quantitative estimate of drug-likeness (QED) is 0.560. The number of nitrogens with one attached hydrogen (secondary N) is 1. The van der Waals surface area contributed by atoms with E-state index in [0.29, 0.717) is 12.4 Å². The van der Waals surface area contributed by atoms with Crippen LogP contribution in [0.5, 0.6) is 5.75 Å². The van der Waals surface area contributed by atoms with Crippen molar-refractivity contribution >= 4 is 21.4 Å². The molecule has 1 aliphatic heterocycles. The Kier molecular flexibility index (Phi) is 4.66. The zero-order chi connectivity index (χ0) is 19.8. The highest BCUT2D eigenvalue weighted by Crippen LogP contribution is 2.34. The Hall–Kier alpha value is -2.96. The van der Waals surface area contributed by atoms with Crippen molar-refractivity contribution in [3.63, 3.8) is 0 Å². The third kappa shape index (κ3) is 3.57. The van der Waals surface area contributed by atoms with E-state index >= 15 is 0 Å². The Bertz CT molecular complexity index is 1240. The molecule has 0 radical (unpaired) electrons. The van der Waals surface area contributed by atoms with Gasteiger partial charge in [0.25, 0.3) is 5.56 Å². The summed E-state index contributed by atoms with van der Waals surface area (Å²) in [5, 5.41) is 4.74. The van der Waals surface area contributed by atoms with Gasteiger partial charge in [-0.15, -0.1) is 11.3 Å². The second-order valence-corrected chi connectivity index (χ2v) is 8.41. The van der Waals surface area contributed by atoms with E-state index in [1.54, 1.807) is 17.0 Å². The lowest BCUT2D eigenvalue weighted by Crippen LogP contribution is -2.21. The van der Waals surface area contributed by atoms with Crippen LogP contribution in [0.1, 0.15) is 21.7 Å². The number of thiophene rings is 1. The van der Waals surface area contributed by atoms with E-state index in [1.165, 1.54) is 26.6 Å². The number of aryl methyl sites for hydroxylation is 1. The van der Waals surface area contributed by atoms with Crippen LogP contribution in [-0.4, -0.2) is 16.1 Å². The molecule has 5 nitrogen and oxygen atoms in total. The van der Waals surface area contributed by atoms with Crippen molar-refractivity contribution < 1.29 is 4.74 Å². The Morgan fingerprint density at radius 1 is 1.21 bits per heavy atom. The number of fused-ring (bicyclic) bond motifs is 3. The highest BCUT2D eigenvalue weighted by atomic mass is 32.1. The van der Waals surface area contributed by atoms with E-state index in [0.717, 1.165) is 36.5 Å². The zero-order valence-corrected chi connectivity index (χ0v) is 17.0. The van der Waals surface area contributed by atoms with Crippen LogP contribution >= 0.6 is 11.3 Å². The normalized spacial score (nSPS) is 13.4. The molecular formula is C23H21N3O2S. The molecule has 0 aliphatic carbocycles. The summed E-state index contributed by atoms with van der Waals surface area (Å²) in [5.74, 6) is 0.561. The van der Waals surface area contributed by atoms with Gasteiger partial charge in [0.05, 0.1) is 5.69 Å². The van der Waals surface area contributed by atoms with Crippen LogP contribution in [0.3, 0.4) is 0 Å². The minimum atomic E-state index is -0.105. The summed E-state index contributed by atoms with van der Waals surface area (Å²) in [6.07, 6.45) is 4.64. The number of benzene rings is 1. The van der Waals surface area contributed by atoms with E-state index in [1.807, 2.05) is 42.5 Å². The summed E-state index contributed by atoms with van der Waals surface area (Å²) in [6, 6.07) is 13.6. The largest absolute Gasteiger partial charge is 0.489 e. The summed E-state index contributed by atoms with van der Waals surface area (Å²) >= 11 is 1.82. The Morgan fingerprint density at radius 3 is 2.97 bits per heavy atom. The first-order chi connectivity index (χ1) is 14.2. The van der Waals surface area contributed by atoms with E-state index < -0.39 is 0 Å². The fourth-order valence-corrected chi connectivity index (χ4v) is 4.94. The van der Waals surface area contributed by atoms with E-state index in [2.05, 4.69) is 22.4 Å². The number of pyridine rings is 2. The van der Waals surface area contributed by atoms with Crippen molar-refractivity contribution in [1.82, 2.24) is 14.9 Å². The van der Waals surface area contributed by atoms with Gasteiger partial charge in [-0.2, -0.15) is 0 Å². The van der Waals surface area contributed by atoms with Crippen molar-refractivity contribution in [2.24, 2.45) is 0 Å². The average Bonchev–Trinajstić information content (AvgIpc) is 3.11. The van der Waals surface area contributed by atoms with E-state index in [4.69, 9.17) is 4.74 Å². The molecule has 0 unspecified atom stereocenters. The molecule has 0 amide bonds. The number of aromatic nitrogens is 2. The fourth-order valence-electron chi connectivity index (χ4n) is 3.69. The van der Waals surface area contributed by atoms with Gasteiger partial charge in [-0.25, -0.2) is 0 Å². The summed E-state index contributed by atoms with van der Waals surface area (Å²) in [6.45, 7) is 4.30. The van der Waals surface area contributed by atoms with Crippen LogP contribution < -0.4 is 15.6 Å². The first-order valence-electron chi connectivity index (χ1n) is 9.70. The lowest BCUT2D eigenvalue weighted by Gasteiger charge is -2.12. The van der Waals surface area contributed by atoms with Gasteiger partial charge in [0.1, 0.15) is 12.4 Å². The molecule has 3 aromatic heterocycles. The molecular weight excluding hydrogens is 382 g/mol. The second-order valence-electron chi connectivity index (χ2n) is 7.28. The minimum Gasteiger partial charge on any atom is -0.489 e. The van der Waals surface area contributed by atoms with E-state index in [-0.39, 0.29) is 5.56 Å². The van der Waals surface area contributed by atoms with Crippen LogP contribution in [0.2, 0.25) is 0 Å². The summed E-state index contributed by atoms with van der Waals surface area (Å²) in [7, 11) is 0. The first kappa shape index (κ1) is 18.1. The summed E-state index contributed by atoms with van der Waals surface area (Å²) in [4.78, 5) is 18.4. The summed E-state index contributed by atoms with van der Waals surface area (Å²) < 4.78 is 8.67. The smallest absolute Gasteiger partial charge is 0.258 e.